The van der Waals surface area contributed by atoms with Crippen molar-refractivity contribution in [1.82, 2.24) is 15.5 Å². The van der Waals surface area contributed by atoms with Crippen LogP contribution in [-0.4, -0.2) is 79.6 Å². The quantitative estimate of drug-likeness (QED) is 0.485. The van der Waals surface area contributed by atoms with Gasteiger partial charge in [0.2, 0.25) is 0 Å². The van der Waals surface area contributed by atoms with Gasteiger partial charge in [0.15, 0.2) is 0 Å². The van der Waals surface area contributed by atoms with Crippen LogP contribution in [0, 0.1) is 5.92 Å². The smallest absolute Gasteiger partial charge is 0.319 e. The first kappa shape index (κ1) is 28.9. The molecule has 4 atom stereocenters. The summed E-state index contributed by atoms with van der Waals surface area (Å²) in [4.78, 5) is 27.8. The summed E-state index contributed by atoms with van der Waals surface area (Å²) in [5, 5.41) is 18.7. The highest BCUT2D eigenvalue weighted by Crippen LogP contribution is 2.28. The summed E-state index contributed by atoms with van der Waals surface area (Å²) in [6.07, 6.45) is 2.55. The highest BCUT2D eigenvalue weighted by Gasteiger charge is 2.29. The van der Waals surface area contributed by atoms with Gasteiger partial charge >= 0.3 is 6.03 Å². The first-order valence-corrected chi connectivity index (χ1v) is 12.7. The zero-order chi connectivity index (χ0) is 26.0. The van der Waals surface area contributed by atoms with Crippen molar-refractivity contribution < 1.29 is 24.2 Å². The molecule has 0 fully saturated rings. The molecule has 9 heteroatoms. The van der Waals surface area contributed by atoms with Gasteiger partial charge in [0.1, 0.15) is 5.75 Å². The molecule has 0 aliphatic carbocycles. The number of rotatable bonds is 6. The molecule has 198 valence electrons. The average Bonchev–Trinajstić information content (AvgIpc) is 2.80. The van der Waals surface area contributed by atoms with Crippen LogP contribution in [0.3, 0.4) is 0 Å². The van der Waals surface area contributed by atoms with E-state index >= 15 is 0 Å². The summed E-state index contributed by atoms with van der Waals surface area (Å²) >= 11 is 0. The van der Waals surface area contributed by atoms with Gasteiger partial charge in [-0.3, -0.25) is 4.79 Å². The lowest BCUT2D eigenvalue weighted by atomic mass is 10.0. The molecule has 2 rings (SSSR count). The van der Waals surface area contributed by atoms with Crippen LogP contribution >= 0.6 is 0 Å². The molecular weight excluding hydrogens is 448 g/mol. The number of aliphatic hydroxyl groups excluding tert-OH is 1. The van der Waals surface area contributed by atoms with Crippen LogP contribution < -0.4 is 20.7 Å². The SMILES string of the molecule is CNC[C@H]1OCCCC[C@H](C)Oc2ccc(NC(=O)NC(C)C)cc2C(=O)N([C@H](C)CO)C[C@@H]1C. The predicted molar refractivity (Wildman–Crippen MR) is 138 cm³/mol. The fraction of sp³-hybridized carbons (Fsp3) is 0.692. The molecule has 1 aromatic carbocycles. The highest BCUT2D eigenvalue weighted by molar-refractivity contribution is 5.99. The Morgan fingerprint density at radius 1 is 1.23 bits per heavy atom. The Morgan fingerprint density at radius 2 is 1.97 bits per heavy atom. The number of urea groups is 1. The number of anilines is 1. The summed E-state index contributed by atoms with van der Waals surface area (Å²) in [7, 11) is 1.89. The number of benzene rings is 1. The molecule has 1 aromatic rings. The van der Waals surface area contributed by atoms with Crippen LogP contribution in [0.2, 0.25) is 0 Å². The molecule has 1 aliphatic rings. The average molecular weight is 493 g/mol. The molecule has 9 nitrogen and oxygen atoms in total. The number of hydrogen-bond acceptors (Lipinski definition) is 6. The van der Waals surface area contributed by atoms with Crippen molar-refractivity contribution in [2.24, 2.45) is 5.92 Å². The molecule has 1 aliphatic heterocycles. The molecule has 1 heterocycles. The second-order valence-corrected chi connectivity index (χ2v) is 9.82. The predicted octanol–water partition coefficient (Wildman–Crippen LogP) is 3.23. The van der Waals surface area contributed by atoms with Crippen molar-refractivity contribution in [3.05, 3.63) is 23.8 Å². The van der Waals surface area contributed by atoms with E-state index < -0.39 is 6.04 Å². The van der Waals surface area contributed by atoms with E-state index in [1.54, 1.807) is 23.1 Å². The third-order valence-electron chi connectivity index (χ3n) is 6.13. The minimum Gasteiger partial charge on any atom is -0.490 e. The van der Waals surface area contributed by atoms with Crippen LogP contribution in [0.1, 0.15) is 64.2 Å². The first-order chi connectivity index (χ1) is 16.7. The number of nitrogens with one attached hydrogen (secondary N) is 3. The van der Waals surface area contributed by atoms with E-state index in [0.717, 1.165) is 19.3 Å². The van der Waals surface area contributed by atoms with Gasteiger partial charge in [0.25, 0.3) is 5.91 Å². The van der Waals surface area contributed by atoms with Gasteiger partial charge in [-0.05, 0) is 72.2 Å². The number of nitrogens with zero attached hydrogens (tertiary/aromatic N) is 1. The summed E-state index contributed by atoms with van der Waals surface area (Å²) in [6, 6.07) is 4.36. The fourth-order valence-corrected chi connectivity index (χ4v) is 4.12. The van der Waals surface area contributed by atoms with E-state index in [1.807, 2.05) is 34.7 Å². The Hall–Kier alpha value is -2.36. The summed E-state index contributed by atoms with van der Waals surface area (Å²) in [5.41, 5.74) is 0.850. The largest absolute Gasteiger partial charge is 0.490 e. The number of likely N-dealkylation sites (N-methyl/N-ethyl adjacent to an activating group) is 1. The first-order valence-electron chi connectivity index (χ1n) is 12.7. The number of carbonyl (C=O) groups is 2. The van der Waals surface area contributed by atoms with Crippen molar-refractivity contribution in [3.8, 4) is 5.75 Å². The van der Waals surface area contributed by atoms with Crippen molar-refractivity contribution >= 4 is 17.6 Å². The van der Waals surface area contributed by atoms with Crippen LogP contribution in [0.5, 0.6) is 5.75 Å². The van der Waals surface area contributed by atoms with Gasteiger partial charge in [-0.25, -0.2) is 4.79 Å². The van der Waals surface area contributed by atoms with Crippen molar-refractivity contribution in [2.45, 2.75) is 78.2 Å². The molecule has 0 saturated heterocycles. The molecule has 0 bridgehead atoms. The Balaban J connectivity index is 2.46. The van der Waals surface area contributed by atoms with E-state index in [0.29, 0.717) is 36.7 Å². The van der Waals surface area contributed by atoms with Crippen LogP contribution in [0.4, 0.5) is 10.5 Å². The minimum absolute atomic E-state index is 0.0201. The third kappa shape index (κ3) is 8.98. The standard InChI is InChI=1S/C26H44N4O5/c1-17(2)28-26(33)29-21-10-11-23-22(13-21)25(32)30(19(4)16-31)15-18(3)24(14-27-6)34-12-8-7-9-20(5)35-23/h10-11,13,17-20,24,27,31H,7-9,12,14-16H2,1-6H3,(H2,28,29,33)/t18-,19+,20-,24+/m0/s1. The summed E-state index contributed by atoms with van der Waals surface area (Å²) < 4.78 is 12.4. The molecule has 0 unspecified atom stereocenters. The van der Waals surface area contributed by atoms with Gasteiger partial charge in [-0.2, -0.15) is 0 Å². The number of hydrogen-bond donors (Lipinski definition) is 4. The lowest BCUT2D eigenvalue weighted by Gasteiger charge is -2.34. The van der Waals surface area contributed by atoms with Crippen LogP contribution in [0.15, 0.2) is 18.2 Å². The Morgan fingerprint density at radius 3 is 2.63 bits per heavy atom. The number of amides is 3. The Bertz CT molecular complexity index is 819. The highest BCUT2D eigenvalue weighted by atomic mass is 16.5. The maximum atomic E-state index is 13.9. The molecule has 35 heavy (non-hydrogen) atoms. The molecule has 3 amide bonds. The van der Waals surface area contributed by atoms with E-state index in [4.69, 9.17) is 9.47 Å². The zero-order valence-corrected chi connectivity index (χ0v) is 22.1. The van der Waals surface area contributed by atoms with E-state index in [1.165, 1.54) is 0 Å². The Kier molecular flexibility index (Phi) is 11.8. The van der Waals surface area contributed by atoms with Crippen molar-refractivity contribution in [3.63, 3.8) is 0 Å². The topological polar surface area (TPSA) is 112 Å². The lowest BCUT2D eigenvalue weighted by molar-refractivity contribution is -0.000451. The number of fused-ring (bicyclic) bond motifs is 1. The fourth-order valence-electron chi connectivity index (χ4n) is 4.12. The van der Waals surface area contributed by atoms with Gasteiger partial charge in [0, 0.05) is 37.3 Å². The minimum atomic E-state index is -0.404. The number of aliphatic hydroxyl groups is 1. The number of ether oxygens (including phenoxy) is 2. The monoisotopic (exact) mass is 492 g/mol. The van der Waals surface area contributed by atoms with Crippen molar-refractivity contribution in [2.75, 3.05) is 38.7 Å². The maximum absolute atomic E-state index is 13.9. The van der Waals surface area contributed by atoms with Gasteiger partial charge in [-0.1, -0.05) is 6.92 Å². The van der Waals surface area contributed by atoms with Gasteiger partial charge in [-0.15, -0.1) is 0 Å². The van der Waals surface area contributed by atoms with Gasteiger partial charge in [0.05, 0.1) is 30.4 Å². The van der Waals surface area contributed by atoms with Crippen LogP contribution in [0.25, 0.3) is 0 Å². The Labute approximate surface area is 209 Å². The van der Waals surface area contributed by atoms with Crippen molar-refractivity contribution in [1.29, 1.82) is 0 Å². The van der Waals surface area contributed by atoms with E-state index in [-0.39, 0.29) is 42.7 Å². The third-order valence-corrected chi connectivity index (χ3v) is 6.13. The molecular formula is C26H44N4O5. The lowest BCUT2D eigenvalue weighted by Crippen LogP contribution is -2.47. The van der Waals surface area contributed by atoms with E-state index in [9.17, 15) is 14.7 Å². The zero-order valence-electron chi connectivity index (χ0n) is 22.1. The summed E-state index contributed by atoms with van der Waals surface area (Å²) in [5.74, 6) is 0.249. The van der Waals surface area contributed by atoms with E-state index in [2.05, 4.69) is 22.9 Å². The van der Waals surface area contributed by atoms with Gasteiger partial charge < -0.3 is 35.4 Å². The van der Waals surface area contributed by atoms with Crippen LogP contribution in [-0.2, 0) is 4.74 Å². The second kappa shape index (κ2) is 14.3. The maximum Gasteiger partial charge on any atom is 0.319 e. The number of carbonyl (C=O) groups excluding carboxylic acids is 2. The summed E-state index contributed by atoms with van der Waals surface area (Å²) in [6.45, 7) is 11.2. The normalized spacial score (nSPS) is 23.1. The molecule has 4 N–H and O–H groups in total. The molecule has 0 saturated carbocycles. The molecule has 0 radical (unpaired) electrons. The second-order valence-electron chi connectivity index (χ2n) is 9.82. The molecule has 0 aromatic heterocycles. The molecule has 0 spiro atoms.